The van der Waals surface area contributed by atoms with Crippen LogP contribution in [-0.2, 0) is 14.3 Å². The summed E-state index contributed by atoms with van der Waals surface area (Å²) in [5.41, 5.74) is -0.299. The molecule has 1 aliphatic rings. The number of hydrogen-bond donors (Lipinski definition) is 1. The Hall–Kier alpha value is -3.76. The van der Waals surface area contributed by atoms with Gasteiger partial charge in [0.2, 0.25) is 5.95 Å². The van der Waals surface area contributed by atoms with E-state index in [9.17, 15) is 19.7 Å². The van der Waals surface area contributed by atoms with Crippen LogP contribution in [0.4, 0.5) is 17.3 Å². The van der Waals surface area contributed by atoms with Crippen molar-refractivity contribution < 1.29 is 24.0 Å². The number of carbonyl (C=O) groups is 2. The molecule has 0 aliphatic carbocycles. The molecule has 31 heavy (non-hydrogen) atoms. The van der Waals surface area contributed by atoms with Gasteiger partial charge in [-0.05, 0) is 38.0 Å². The largest absolute Gasteiger partial charge is 0.494 e. The lowest BCUT2D eigenvalue weighted by molar-refractivity contribution is -0.384. The van der Waals surface area contributed by atoms with E-state index in [1.807, 2.05) is 4.90 Å². The van der Waals surface area contributed by atoms with Gasteiger partial charge < -0.3 is 19.7 Å². The van der Waals surface area contributed by atoms with E-state index in [2.05, 4.69) is 15.3 Å². The molecule has 0 radical (unpaired) electrons. The molecule has 3 rings (SSSR count). The van der Waals surface area contributed by atoms with Crippen molar-refractivity contribution in [1.82, 2.24) is 9.97 Å². The second kappa shape index (κ2) is 10.3. The van der Waals surface area contributed by atoms with Crippen LogP contribution in [0.3, 0.4) is 0 Å². The summed E-state index contributed by atoms with van der Waals surface area (Å²) >= 11 is 0. The highest BCUT2D eigenvalue weighted by Gasteiger charge is 2.28. The Bertz CT molecular complexity index is 931. The molecule has 0 saturated carbocycles. The number of anilines is 2. The van der Waals surface area contributed by atoms with Crippen LogP contribution in [0.25, 0.3) is 0 Å². The van der Waals surface area contributed by atoms with Gasteiger partial charge in [-0.25, -0.2) is 9.97 Å². The van der Waals surface area contributed by atoms with Gasteiger partial charge in [0.15, 0.2) is 6.61 Å². The van der Waals surface area contributed by atoms with Crippen LogP contribution in [0.15, 0.2) is 36.7 Å². The second-order valence-electron chi connectivity index (χ2n) is 6.84. The molecule has 1 aliphatic heterocycles. The van der Waals surface area contributed by atoms with Crippen molar-refractivity contribution in [3.8, 4) is 5.75 Å². The molecule has 2 aromatic rings. The number of nitro groups is 1. The van der Waals surface area contributed by atoms with Crippen molar-refractivity contribution in [3.63, 3.8) is 0 Å². The quantitative estimate of drug-likeness (QED) is 0.380. The highest BCUT2D eigenvalue weighted by Crippen LogP contribution is 2.29. The van der Waals surface area contributed by atoms with E-state index in [1.165, 1.54) is 18.2 Å². The van der Waals surface area contributed by atoms with Crippen molar-refractivity contribution in [2.45, 2.75) is 19.8 Å². The molecule has 0 unspecified atom stereocenters. The first-order valence-electron chi connectivity index (χ1n) is 9.87. The van der Waals surface area contributed by atoms with Gasteiger partial charge in [0.05, 0.1) is 23.5 Å². The number of esters is 1. The number of hydrogen-bond acceptors (Lipinski definition) is 9. The number of carbonyl (C=O) groups excluding carboxylic acids is 2. The van der Waals surface area contributed by atoms with Crippen molar-refractivity contribution >= 4 is 29.2 Å². The first kappa shape index (κ1) is 21.9. The fourth-order valence-electron chi connectivity index (χ4n) is 3.24. The summed E-state index contributed by atoms with van der Waals surface area (Å²) in [5.74, 6) is -0.509. The number of benzene rings is 1. The number of rotatable bonds is 8. The SMILES string of the molecule is CCOc1ccc(NC(=O)COC(=O)C2CCN(c3ncccn3)CC2)c([N+](=O)[O-])c1. The molecule has 1 aromatic carbocycles. The number of nitro benzene ring substituents is 1. The maximum atomic E-state index is 12.3. The molecule has 1 fully saturated rings. The fourth-order valence-corrected chi connectivity index (χ4v) is 3.24. The monoisotopic (exact) mass is 429 g/mol. The molecule has 1 N–H and O–H groups in total. The molecule has 1 saturated heterocycles. The summed E-state index contributed by atoms with van der Waals surface area (Å²) < 4.78 is 10.4. The van der Waals surface area contributed by atoms with E-state index in [4.69, 9.17) is 9.47 Å². The van der Waals surface area contributed by atoms with Crippen LogP contribution in [0.1, 0.15) is 19.8 Å². The average molecular weight is 429 g/mol. The third kappa shape index (κ3) is 5.87. The van der Waals surface area contributed by atoms with E-state index in [0.717, 1.165) is 0 Å². The highest BCUT2D eigenvalue weighted by atomic mass is 16.6. The summed E-state index contributed by atoms with van der Waals surface area (Å²) in [6.45, 7) is 2.80. The molecule has 11 nitrogen and oxygen atoms in total. The molecule has 164 valence electrons. The minimum atomic E-state index is -0.657. The third-order valence-corrected chi connectivity index (χ3v) is 4.76. The number of nitrogens with one attached hydrogen (secondary N) is 1. The van der Waals surface area contributed by atoms with Gasteiger partial charge in [-0.2, -0.15) is 0 Å². The average Bonchev–Trinajstić information content (AvgIpc) is 2.79. The Labute approximate surface area is 178 Å². The molecule has 2 heterocycles. The van der Waals surface area contributed by atoms with Crippen LogP contribution in [-0.4, -0.2) is 53.1 Å². The smallest absolute Gasteiger partial charge is 0.309 e. The van der Waals surface area contributed by atoms with Crippen LogP contribution in [0, 0.1) is 16.0 Å². The lowest BCUT2D eigenvalue weighted by Gasteiger charge is -2.30. The van der Waals surface area contributed by atoms with E-state index in [-0.39, 0.29) is 17.3 Å². The Morgan fingerprint density at radius 3 is 2.61 bits per heavy atom. The molecule has 1 amide bonds. The van der Waals surface area contributed by atoms with E-state index in [0.29, 0.717) is 44.2 Å². The predicted molar refractivity (Wildman–Crippen MR) is 111 cm³/mol. The zero-order valence-corrected chi connectivity index (χ0v) is 17.0. The maximum absolute atomic E-state index is 12.3. The molecular formula is C20H23N5O6. The van der Waals surface area contributed by atoms with Gasteiger partial charge in [0.25, 0.3) is 11.6 Å². The minimum absolute atomic E-state index is 0.00525. The van der Waals surface area contributed by atoms with E-state index in [1.54, 1.807) is 25.4 Å². The number of piperidine rings is 1. The Morgan fingerprint density at radius 2 is 1.97 bits per heavy atom. The van der Waals surface area contributed by atoms with Crippen molar-refractivity contribution in [1.29, 1.82) is 0 Å². The Morgan fingerprint density at radius 1 is 1.26 bits per heavy atom. The summed E-state index contributed by atoms with van der Waals surface area (Å²) in [6.07, 6.45) is 4.44. The number of ether oxygens (including phenoxy) is 2. The van der Waals surface area contributed by atoms with Gasteiger partial charge in [0, 0.05) is 25.5 Å². The zero-order chi connectivity index (χ0) is 22.2. The lowest BCUT2D eigenvalue weighted by atomic mass is 9.97. The summed E-state index contributed by atoms with van der Waals surface area (Å²) in [5, 5.41) is 13.7. The number of aromatic nitrogens is 2. The van der Waals surface area contributed by atoms with Crippen LogP contribution in [0.2, 0.25) is 0 Å². The molecular weight excluding hydrogens is 406 g/mol. The van der Waals surface area contributed by atoms with Gasteiger partial charge in [0.1, 0.15) is 11.4 Å². The minimum Gasteiger partial charge on any atom is -0.494 e. The topological polar surface area (TPSA) is 137 Å². The Balaban J connectivity index is 1.49. The van der Waals surface area contributed by atoms with Gasteiger partial charge in [-0.3, -0.25) is 19.7 Å². The third-order valence-electron chi connectivity index (χ3n) is 4.76. The standard InChI is InChI=1S/C20H23N5O6/c1-2-30-15-4-5-16(17(12-15)25(28)29)23-18(26)13-31-19(27)14-6-10-24(11-7-14)20-21-8-3-9-22-20/h3-5,8-9,12,14H,2,6-7,10-11,13H2,1H3,(H,23,26). The first-order chi connectivity index (χ1) is 15.0. The van der Waals surface area contributed by atoms with Crippen LogP contribution in [0.5, 0.6) is 5.75 Å². The summed E-state index contributed by atoms with van der Waals surface area (Å²) in [7, 11) is 0. The zero-order valence-electron chi connectivity index (χ0n) is 17.0. The van der Waals surface area contributed by atoms with Crippen LogP contribution < -0.4 is 15.0 Å². The van der Waals surface area contributed by atoms with Crippen molar-refractivity contribution in [3.05, 3.63) is 46.8 Å². The number of amides is 1. The molecule has 0 atom stereocenters. The van der Waals surface area contributed by atoms with Crippen LogP contribution >= 0.6 is 0 Å². The fraction of sp³-hybridized carbons (Fsp3) is 0.400. The molecule has 0 bridgehead atoms. The van der Waals surface area contributed by atoms with Gasteiger partial charge in [-0.1, -0.05) is 0 Å². The van der Waals surface area contributed by atoms with Crippen molar-refractivity contribution in [2.75, 3.05) is 36.5 Å². The second-order valence-corrected chi connectivity index (χ2v) is 6.84. The molecule has 0 spiro atoms. The van der Waals surface area contributed by atoms with Gasteiger partial charge >= 0.3 is 5.97 Å². The summed E-state index contributed by atoms with van der Waals surface area (Å²) in [6, 6.07) is 5.86. The van der Waals surface area contributed by atoms with Crippen molar-refractivity contribution in [2.24, 2.45) is 5.92 Å². The summed E-state index contributed by atoms with van der Waals surface area (Å²) in [4.78, 5) is 45.5. The van der Waals surface area contributed by atoms with E-state index < -0.39 is 23.4 Å². The normalized spacial score (nSPS) is 14.0. The first-order valence-corrected chi connectivity index (χ1v) is 9.87. The van der Waals surface area contributed by atoms with Gasteiger partial charge in [-0.15, -0.1) is 0 Å². The predicted octanol–water partition coefficient (Wildman–Crippen LogP) is 2.18. The Kier molecular flexibility index (Phi) is 7.31. The highest BCUT2D eigenvalue weighted by molar-refractivity contribution is 5.95. The number of nitrogens with zero attached hydrogens (tertiary/aromatic N) is 4. The lowest BCUT2D eigenvalue weighted by Crippen LogP contribution is -2.38. The molecule has 1 aromatic heterocycles. The maximum Gasteiger partial charge on any atom is 0.309 e. The van der Waals surface area contributed by atoms with E-state index >= 15 is 0 Å². The molecule has 11 heteroatoms.